The molecular formula is C12H18N6O4. The molecule has 1 aliphatic rings. The molecule has 1 aliphatic heterocycles. The smallest absolute Gasteiger partial charge is 0.280 e. The number of methoxy groups -OCH3 is 2. The lowest BCUT2D eigenvalue weighted by Gasteiger charge is -2.16. The fourth-order valence-electron chi connectivity index (χ4n) is 2.72. The van der Waals surface area contributed by atoms with Gasteiger partial charge in [0.25, 0.3) is 5.56 Å². The van der Waals surface area contributed by atoms with E-state index in [-0.39, 0.29) is 35.3 Å². The number of aromatic nitrogens is 4. The Kier molecular flexibility index (Phi) is 3.72. The van der Waals surface area contributed by atoms with Gasteiger partial charge >= 0.3 is 0 Å². The summed E-state index contributed by atoms with van der Waals surface area (Å²) in [6, 6.07) is 0. The minimum absolute atomic E-state index is 0.00613. The lowest BCUT2D eigenvalue weighted by molar-refractivity contribution is -0.0592. The Labute approximate surface area is 125 Å². The third-order valence-corrected chi connectivity index (χ3v) is 3.70. The van der Waals surface area contributed by atoms with Crippen molar-refractivity contribution in [2.24, 2.45) is 0 Å². The van der Waals surface area contributed by atoms with Gasteiger partial charge < -0.3 is 25.7 Å². The van der Waals surface area contributed by atoms with Crippen LogP contribution in [0.25, 0.3) is 11.2 Å². The lowest BCUT2D eigenvalue weighted by Crippen LogP contribution is -2.27. The van der Waals surface area contributed by atoms with E-state index in [1.807, 2.05) is 0 Å². The summed E-state index contributed by atoms with van der Waals surface area (Å²) in [6.07, 6.45) is -0.310. The molecule has 5 N–H and O–H groups in total. The van der Waals surface area contributed by atoms with Gasteiger partial charge in [-0.3, -0.25) is 14.3 Å². The molecule has 0 spiro atoms. The average molecular weight is 310 g/mol. The second-order valence-corrected chi connectivity index (χ2v) is 5.06. The molecule has 1 fully saturated rings. The zero-order valence-electron chi connectivity index (χ0n) is 12.3. The standard InChI is InChI=1S/C12H18N6O4/c1-20-4-6-5(21-2)3-7(22-6)18-9-8(15-12(18)14)10(19)17-11(13)16-9/h5-7H,3-4H2,1-2H3,(H2,14,15)(H3,13,16,17,19)/t5-,6?,7-/m1/s1. The molecule has 0 aromatic carbocycles. The molecule has 0 aliphatic carbocycles. The Bertz CT molecular complexity index is 741. The first-order valence-corrected chi connectivity index (χ1v) is 6.75. The maximum atomic E-state index is 11.9. The topological polar surface area (TPSA) is 143 Å². The Hall–Kier alpha value is -2.17. The van der Waals surface area contributed by atoms with Crippen LogP contribution in [0.3, 0.4) is 0 Å². The van der Waals surface area contributed by atoms with Gasteiger partial charge in [0.1, 0.15) is 12.3 Å². The normalized spacial score (nSPS) is 25.1. The van der Waals surface area contributed by atoms with E-state index in [0.29, 0.717) is 13.0 Å². The van der Waals surface area contributed by atoms with Crippen molar-refractivity contribution in [3.05, 3.63) is 10.4 Å². The van der Waals surface area contributed by atoms with Crippen LogP contribution in [0, 0.1) is 0 Å². The van der Waals surface area contributed by atoms with Crippen molar-refractivity contribution in [2.75, 3.05) is 32.3 Å². The van der Waals surface area contributed by atoms with Gasteiger partial charge in [0, 0.05) is 20.6 Å². The zero-order valence-corrected chi connectivity index (χ0v) is 12.3. The molecule has 3 rings (SSSR count). The number of imidazole rings is 1. The molecule has 3 heterocycles. The van der Waals surface area contributed by atoms with Gasteiger partial charge in [0.05, 0.1) is 12.7 Å². The number of nitrogen functional groups attached to an aromatic ring is 2. The Morgan fingerprint density at radius 2 is 2.18 bits per heavy atom. The molecular weight excluding hydrogens is 292 g/mol. The summed E-state index contributed by atoms with van der Waals surface area (Å²) < 4.78 is 18.0. The number of aromatic amines is 1. The Balaban J connectivity index is 2.04. The van der Waals surface area contributed by atoms with Gasteiger partial charge in [-0.25, -0.2) is 4.98 Å². The van der Waals surface area contributed by atoms with Crippen molar-refractivity contribution in [1.82, 2.24) is 19.5 Å². The first kappa shape index (κ1) is 14.8. The maximum absolute atomic E-state index is 11.9. The molecule has 120 valence electrons. The van der Waals surface area contributed by atoms with E-state index in [4.69, 9.17) is 25.7 Å². The summed E-state index contributed by atoms with van der Waals surface area (Å²) in [6.45, 7) is 0.387. The predicted molar refractivity (Wildman–Crippen MR) is 78.2 cm³/mol. The largest absolute Gasteiger partial charge is 0.382 e. The van der Waals surface area contributed by atoms with Crippen LogP contribution in [0.4, 0.5) is 11.9 Å². The fraction of sp³-hybridized carbons (Fsp3) is 0.583. The van der Waals surface area contributed by atoms with E-state index in [9.17, 15) is 4.79 Å². The van der Waals surface area contributed by atoms with Crippen LogP contribution in [0.1, 0.15) is 12.6 Å². The number of H-pyrrole nitrogens is 1. The first-order valence-electron chi connectivity index (χ1n) is 6.75. The highest BCUT2D eigenvalue weighted by atomic mass is 16.6. The van der Waals surface area contributed by atoms with E-state index in [2.05, 4.69) is 15.0 Å². The second-order valence-electron chi connectivity index (χ2n) is 5.06. The van der Waals surface area contributed by atoms with Crippen LogP contribution in [-0.2, 0) is 14.2 Å². The van der Waals surface area contributed by atoms with Gasteiger partial charge in [-0.1, -0.05) is 0 Å². The first-order chi connectivity index (χ1) is 10.5. The van der Waals surface area contributed by atoms with E-state index < -0.39 is 11.8 Å². The minimum Gasteiger partial charge on any atom is -0.382 e. The Morgan fingerprint density at radius 3 is 2.86 bits per heavy atom. The Morgan fingerprint density at radius 1 is 1.41 bits per heavy atom. The molecule has 22 heavy (non-hydrogen) atoms. The third kappa shape index (κ3) is 2.30. The summed E-state index contributed by atoms with van der Waals surface area (Å²) in [5, 5.41) is 0. The lowest BCUT2D eigenvalue weighted by atomic mass is 10.2. The highest BCUT2D eigenvalue weighted by Gasteiger charge is 2.38. The second kappa shape index (κ2) is 5.55. The van der Waals surface area contributed by atoms with Crippen LogP contribution in [0.2, 0.25) is 0 Å². The minimum atomic E-state index is -0.455. The van der Waals surface area contributed by atoms with Gasteiger partial charge in [0.15, 0.2) is 11.2 Å². The van der Waals surface area contributed by atoms with Crippen molar-refractivity contribution < 1.29 is 14.2 Å². The zero-order chi connectivity index (χ0) is 15.9. The monoisotopic (exact) mass is 310 g/mol. The number of nitrogens with two attached hydrogens (primary N) is 2. The molecule has 2 aromatic rings. The van der Waals surface area contributed by atoms with Gasteiger partial charge in [-0.2, -0.15) is 4.98 Å². The maximum Gasteiger partial charge on any atom is 0.280 e. The molecule has 1 saturated heterocycles. The van der Waals surface area contributed by atoms with Gasteiger partial charge in [-0.05, 0) is 0 Å². The molecule has 0 radical (unpaired) electrons. The number of nitrogens with one attached hydrogen (secondary N) is 1. The number of hydrogen-bond donors (Lipinski definition) is 3. The number of anilines is 2. The van der Waals surface area contributed by atoms with Crippen molar-refractivity contribution in [2.45, 2.75) is 24.9 Å². The summed E-state index contributed by atoms with van der Waals surface area (Å²) in [5.74, 6) is 0.130. The molecule has 1 unspecified atom stereocenters. The number of hydrogen-bond acceptors (Lipinski definition) is 8. The van der Waals surface area contributed by atoms with E-state index in [1.165, 1.54) is 0 Å². The average Bonchev–Trinajstić information content (AvgIpc) is 3.00. The van der Waals surface area contributed by atoms with Crippen LogP contribution in [0.5, 0.6) is 0 Å². The number of fused-ring (bicyclic) bond motifs is 1. The van der Waals surface area contributed by atoms with E-state index in [1.54, 1.807) is 18.8 Å². The molecule has 10 heteroatoms. The third-order valence-electron chi connectivity index (χ3n) is 3.70. The molecule has 3 atom stereocenters. The van der Waals surface area contributed by atoms with Crippen molar-refractivity contribution in [3.63, 3.8) is 0 Å². The molecule has 10 nitrogen and oxygen atoms in total. The van der Waals surface area contributed by atoms with Crippen LogP contribution < -0.4 is 17.0 Å². The summed E-state index contributed by atoms with van der Waals surface area (Å²) in [5.41, 5.74) is 11.5. The molecule has 0 saturated carbocycles. The van der Waals surface area contributed by atoms with Crippen molar-refractivity contribution in [1.29, 1.82) is 0 Å². The number of rotatable bonds is 4. The van der Waals surface area contributed by atoms with Crippen LogP contribution in [-0.4, -0.2) is 52.6 Å². The summed E-state index contributed by atoms with van der Waals surface area (Å²) in [7, 11) is 3.20. The predicted octanol–water partition coefficient (Wildman–Crippen LogP) is -0.767. The van der Waals surface area contributed by atoms with Crippen LogP contribution in [0.15, 0.2) is 4.79 Å². The summed E-state index contributed by atoms with van der Waals surface area (Å²) >= 11 is 0. The SMILES string of the molecule is COCC1O[C@@H](n2c(N)nc3c(=O)[nH]c(N)nc32)C[C@H]1OC. The van der Waals surface area contributed by atoms with E-state index in [0.717, 1.165) is 0 Å². The fourth-order valence-corrected chi connectivity index (χ4v) is 2.72. The molecule has 2 aromatic heterocycles. The van der Waals surface area contributed by atoms with Gasteiger partial charge in [-0.15, -0.1) is 0 Å². The van der Waals surface area contributed by atoms with E-state index >= 15 is 0 Å². The van der Waals surface area contributed by atoms with Crippen molar-refractivity contribution >= 4 is 23.1 Å². The van der Waals surface area contributed by atoms with Gasteiger partial charge in [0.2, 0.25) is 11.9 Å². The number of nitrogens with zero attached hydrogens (tertiary/aromatic N) is 3. The highest BCUT2D eigenvalue weighted by molar-refractivity contribution is 5.74. The quantitative estimate of drug-likeness (QED) is 0.668. The molecule has 0 bridgehead atoms. The summed E-state index contributed by atoms with van der Waals surface area (Å²) in [4.78, 5) is 22.4. The molecule has 0 amide bonds. The van der Waals surface area contributed by atoms with Crippen molar-refractivity contribution in [3.8, 4) is 0 Å². The number of ether oxygens (including phenoxy) is 3. The highest BCUT2D eigenvalue weighted by Crippen LogP contribution is 2.34. The van der Waals surface area contributed by atoms with Crippen LogP contribution >= 0.6 is 0 Å².